The van der Waals surface area contributed by atoms with Crippen LogP contribution in [0.1, 0.15) is 38.5 Å². The molecule has 0 aromatic heterocycles. The first-order valence-electron chi connectivity index (χ1n) is 5.69. The minimum absolute atomic E-state index is 0.0961. The molecule has 4 heteroatoms. The molecule has 2 N–H and O–H groups in total. The third kappa shape index (κ3) is 3.22. The number of carboxylic acid groups (broad SMARTS) is 1. The predicted molar refractivity (Wildman–Crippen MR) is 54.2 cm³/mol. The lowest BCUT2D eigenvalue weighted by Gasteiger charge is -2.13. The van der Waals surface area contributed by atoms with Crippen molar-refractivity contribution >= 4 is 11.9 Å². The molecule has 2 rings (SSSR count). The zero-order chi connectivity index (χ0) is 10.8. The number of carboxylic acids is 1. The van der Waals surface area contributed by atoms with Crippen molar-refractivity contribution < 1.29 is 14.7 Å². The van der Waals surface area contributed by atoms with E-state index in [2.05, 4.69) is 5.32 Å². The monoisotopic (exact) mass is 211 g/mol. The number of carbonyl (C=O) groups excluding carboxylic acids is 1. The number of hydrogen-bond acceptors (Lipinski definition) is 2. The highest BCUT2D eigenvalue weighted by molar-refractivity contribution is 5.84. The van der Waals surface area contributed by atoms with E-state index in [4.69, 9.17) is 5.11 Å². The summed E-state index contributed by atoms with van der Waals surface area (Å²) in [6.07, 6.45) is 5.74. The van der Waals surface area contributed by atoms with Gasteiger partial charge < -0.3 is 10.4 Å². The maximum absolute atomic E-state index is 11.4. The van der Waals surface area contributed by atoms with Crippen LogP contribution in [0.2, 0.25) is 0 Å². The summed E-state index contributed by atoms with van der Waals surface area (Å²) in [5.41, 5.74) is 0. The number of rotatable bonds is 6. The van der Waals surface area contributed by atoms with Gasteiger partial charge in [0.2, 0.25) is 5.91 Å². The van der Waals surface area contributed by atoms with Crippen molar-refractivity contribution in [3.63, 3.8) is 0 Å². The van der Waals surface area contributed by atoms with E-state index in [9.17, 15) is 9.59 Å². The number of carbonyl (C=O) groups is 2. The lowest BCUT2D eigenvalue weighted by molar-refractivity contribution is -0.142. The smallest absolute Gasteiger partial charge is 0.326 e. The van der Waals surface area contributed by atoms with Gasteiger partial charge in [-0.25, -0.2) is 4.79 Å². The Morgan fingerprint density at radius 1 is 1.27 bits per heavy atom. The van der Waals surface area contributed by atoms with Gasteiger partial charge in [-0.1, -0.05) is 12.8 Å². The van der Waals surface area contributed by atoms with E-state index in [1.165, 1.54) is 12.8 Å². The summed E-state index contributed by atoms with van der Waals surface area (Å²) in [5, 5.41) is 11.5. The number of hydrogen-bond donors (Lipinski definition) is 2. The Kier molecular flexibility index (Phi) is 2.93. The van der Waals surface area contributed by atoms with Gasteiger partial charge in [-0.3, -0.25) is 4.79 Å². The number of nitrogens with one attached hydrogen (secondary N) is 1. The maximum atomic E-state index is 11.4. The van der Waals surface area contributed by atoms with Crippen LogP contribution in [-0.2, 0) is 9.59 Å². The molecule has 2 fully saturated rings. The Bertz CT molecular complexity index is 269. The molecule has 1 unspecified atom stereocenters. The van der Waals surface area contributed by atoms with Crippen LogP contribution < -0.4 is 5.32 Å². The van der Waals surface area contributed by atoms with Crippen molar-refractivity contribution in [3.8, 4) is 0 Å². The first-order valence-corrected chi connectivity index (χ1v) is 5.69. The molecule has 2 aliphatic carbocycles. The highest BCUT2D eigenvalue weighted by atomic mass is 16.4. The summed E-state index contributed by atoms with van der Waals surface area (Å²) in [4.78, 5) is 22.3. The second-order valence-electron chi connectivity index (χ2n) is 4.70. The van der Waals surface area contributed by atoms with Crippen molar-refractivity contribution in [2.24, 2.45) is 11.8 Å². The van der Waals surface area contributed by atoms with Crippen LogP contribution in [0.5, 0.6) is 0 Å². The van der Waals surface area contributed by atoms with Crippen molar-refractivity contribution in [1.29, 1.82) is 0 Å². The molecule has 84 valence electrons. The van der Waals surface area contributed by atoms with E-state index in [1.54, 1.807) is 0 Å². The Balaban J connectivity index is 1.71. The molecule has 4 nitrogen and oxygen atoms in total. The standard InChI is InChI=1S/C11H17NO3/c13-9(6-3-7-1-2-7)12-10(11(14)15)8-4-5-8/h7-8,10H,1-6H2,(H,12,13)(H,14,15). The lowest BCUT2D eigenvalue weighted by atomic mass is 10.1. The quantitative estimate of drug-likeness (QED) is 0.692. The molecular weight excluding hydrogens is 194 g/mol. The second-order valence-corrected chi connectivity index (χ2v) is 4.70. The van der Waals surface area contributed by atoms with Crippen LogP contribution in [0, 0.1) is 11.8 Å². The van der Waals surface area contributed by atoms with Gasteiger partial charge in [0.25, 0.3) is 0 Å². The Labute approximate surface area is 89.0 Å². The SMILES string of the molecule is O=C(CCC1CC1)NC(C(=O)O)C1CC1. The Hall–Kier alpha value is -1.06. The van der Waals surface area contributed by atoms with Gasteiger partial charge in [0, 0.05) is 6.42 Å². The molecular formula is C11H17NO3. The summed E-state index contributed by atoms with van der Waals surface area (Å²) in [6.45, 7) is 0. The second kappa shape index (κ2) is 4.21. The molecule has 2 saturated carbocycles. The van der Waals surface area contributed by atoms with Crippen molar-refractivity contribution in [2.75, 3.05) is 0 Å². The summed E-state index contributed by atoms with van der Waals surface area (Å²) in [5.74, 6) is -0.0919. The van der Waals surface area contributed by atoms with Crippen molar-refractivity contribution in [3.05, 3.63) is 0 Å². The average molecular weight is 211 g/mol. The fraction of sp³-hybridized carbons (Fsp3) is 0.818. The van der Waals surface area contributed by atoms with Gasteiger partial charge in [0.05, 0.1) is 0 Å². The first kappa shape index (κ1) is 10.5. The van der Waals surface area contributed by atoms with E-state index in [0.717, 1.165) is 25.2 Å². The fourth-order valence-electron chi connectivity index (χ4n) is 1.80. The van der Waals surface area contributed by atoms with Gasteiger partial charge in [-0.05, 0) is 31.1 Å². The van der Waals surface area contributed by atoms with Gasteiger partial charge in [0.15, 0.2) is 0 Å². The van der Waals surface area contributed by atoms with Crippen LogP contribution in [-0.4, -0.2) is 23.0 Å². The molecule has 0 aliphatic heterocycles. The van der Waals surface area contributed by atoms with E-state index >= 15 is 0 Å². The van der Waals surface area contributed by atoms with E-state index < -0.39 is 12.0 Å². The summed E-state index contributed by atoms with van der Waals surface area (Å²) in [6, 6.07) is -0.642. The molecule has 0 saturated heterocycles. The zero-order valence-corrected chi connectivity index (χ0v) is 8.74. The summed E-state index contributed by atoms with van der Waals surface area (Å²) in [7, 11) is 0. The highest BCUT2D eigenvalue weighted by Gasteiger charge is 2.37. The molecule has 0 spiro atoms. The Morgan fingerprint density at radius 3 is 2.40 bits per heavy atom. The topological polar surface area (TPSA) is 66.4 Å². The van der Waals surface area contributed by atoms with E-state index in [0.29, 0.717) is 6.42 Å². The normalized spacial score (nSPS) is 22.1. The maximum Gasteiger partial charge on any atom is 0.326 e. The van der Waals surface area contributed by atoms with Crippen LogP contribution >= 0.6 is 0 Å². The van der Waals surface area contributed by atoms with Gasteiger partial charge in [-0.2, -0.15) is 0 Å². The van der Waals surface area contributed by atoms with Crippen LogP contribution in [0.25, 0.3) is 0 Å². The largest absolute Gasteiger partial charge is 0.480 e. The first-order chi connectivity index (χ1) is 7.16. The molecule has 0 aromatic carbocycles. The molecule has 15 heavy (non-hydrogen) atoms. The third-order valence-electron chi connectivity index (χ3n) is 3.15. The Morgan fingerprint density at radius 2 is 1.93 bits per heavy atom. The predicted octanol–water partition coefficient (Wildman–Crippen LogP) is 1.16. The molecule has 1 atom stereocenters. The number of aliphatic carboxylic acids is 1. The lowest BCUT2D eigenvalue weighted by Crippen LogP contribution is -2.42. The van der Waals surface area contributed by atoms with Crippen molar-refractivity contribution in [1.82, 2.24) is 5.32 Å². The molecule has 2 aliphatic rings. The minimum Gasteiger partial charge on any atom is -0.480 e. The molecule has 0 bridgehead atoms. The molecule has 0 aromatic rings. The van der Waals surface area contributed by atoms with Gasteiger partial charge in [-0.15, -0.1) is 0 Å². The van der Waals surface area contributed by atoms with Gasteiger partial charge >= 0.3 is 5.97 Å². The summed E-state index contributed by atoms with van der Waals surface area (Å²) >= 11 is 0. The fourth-order valence-corrected chi connectivity index (χ4v) is 1.80. The molecule has 0 radical (unpaired) electrons. The molecule has 1 amide bonds. The van der Waals surface area contributed by atoms with Gasteiger partial charge in [0.1, 0.15) is 6.04 Å². The minimum atomic E-state index is -0.891. The highest BCUT2D eigenvalue weighted by Crippen LogP contribution is 2.34. The summed E-state index contributed by atoms with van der Waals surface area (Å²) < 4.78 is 0. The van der Waals surface area contributed by atoms with Crippen molar-refractivity contribution in [2.45, 2.75) is 44.6 Å². The number of amides is 1. The van der Waals surface area contributed by atoms with E-state index in [1.807, 2.05) is 0 Å². The van der Waals surface area contributed by atoms with Crippen LogP contribution in [0.4, 0.5) is 0 Å². The zero-order valence-electron chi connectivity index (χ0n) is 8.74. The van der Waals surface area contributed by atoms with Crippen LogP contribution in [0.3, 0.4) is 0 Å². The van der Waals surface area contributed by atoms with Crippen LogP contribution in [0.15, 0.2) is 0 Å². The van der Waals surface area contributed by atoms with E-state index in [-0.39, 0.29) is 11.8 Å². The third-order valence-corrected chi connectivity index (χ3v) is 3.15. The molecule has 0 heterocycles. The average Bonchev–Trinajstić information content (AvgIpc) is 3.01.